The van der Waals surface area contributed by atoms with Crippen LogP contribution >= 0.6 is 0 Å². The fourth-order valence-corrected chi connectivity index (χ4v) is 3.78. The normalized spacial score (nSPS) is 13.8. The molecular weight excluding hydrogens is 412 g/mol. The number of amides is 2. The Bertz CT molecular complexity index is 1190. The average molecular weight is 438 g/mol. The minimum atomic E-state index is -0.227. The van der Waals surface area contributed by atoms with Crippen molar-refractivity contribution in [2.45, 2.75) is 13.5 Å². The van der Waals surface area contributed by atoms with Crippen LogP contribution in [0.5, 0.6) is 11.5 Å². The van der Waals surface area contributed by atoms with E-state index in [0.29, 0.717) is 66.9 Å². The molecule has 2 aromatic heterocycles. The molecule has 0 radical (unpaired) electrons. The van der Waals surface area contributed by atoms with E-state index in [1.807, 2.05) is 17.9 Å². The van der Waals surface area contributed by atoms with E-state index in [1.165, 1.54) is 0 Å². The van der Waals surface area contributed by atoms with Gasteiger partial charge >= 0.3 is 6.03 Å². The molecule has 10 nitrogen and oxygen atoms in total. The third-order valence-corrected chi connectivity index (χ3v) is 5.52. The van der Waals surface area contributed by atoms with E-state index in [9.17, 15) is 9.59 Å². The highest BCUT2D eigenvalue weighted by Gasteiger charge is 2.25. The van der Waals surface area contributed by atoms with Crippen LogP contribution in [0.25, 0.3) is 11.2 Å². The lowest BCUT2D eigenvalue weighted by molar-refractivity contribution is 0.208. The van der Waals surface area contributed by atoms with Gasteiger partial charge in [0.15, 0.2) is 11.5 Å². The number of urea groups is 1. The van der Waals surface area contributed by atoms with Gasteiger partial charge < -0.3 is 24.6 Å². The maximum Gasteiger partial charge on any atom is 0.322 e. The van der Waals surface area contributed by atoms with Crippen molar-refractivity contribution in [3.05, 3.63) is 46.9 Å². The number of aryl methyl sites for hydroxylation is 1. The molecule has 1 aliphatic rings. The molecule has 1 aliphatic heterocycles. The molecule has 168 valence electrons. The third-order valence-electron chi connectivity index (χ3n) is 5.52. The predicted molar refractivity (Wildman–Crippen MR) is 122 cm³/mol. The summed E-state index contributed by atoms with van der Waals surface area (Å²) in [4.78, 5) is 38.3. The Balaban J connectivity index is 1.47. The first-order valence-corrected chi connectivity index (χ1v) is 10.4. The van der Waals surface area contributed by atoms with Gasteiger partial charge in [0.1, 0.15) is 17.0 Å². The van der Waals surface area contributed by atoms with Crippen LogP contribution < -0.4 is 25.2 Å². The molecular formula is C22H26N6O4. The standard InChI is InChI=1S/C22H26N6O4/c1-4-28-19-17(6-5-9-23-19)24-20(21(28)29)26-10-12-27(13-11-26)22(30)25-16-8-7-15(31-2)14-18(16)32-3/h5-9,14H,4,10-13H2,1-3H3,(H,25,30). The Morgan fingerprint density at radius 1 is 1.12 bits per heavy atom. The zero-order chi connectivity index (χ0) is 22.7. The van der Waals surface area contributed by atoms with Gasteiger partial charge in [-0.1, -0.05) is 0 Å². The number of piperazine rings is 1. The first-order chi connectivity index (χ1) is 15.5. The monoisotopic (exact) mass is 438 g/mol. The Labute approximate surface area is 185 Å². The Morgan fingerprint density at radius 2 is 1.91 bits per heavy atom. The number of nitrogens with zero attached hydrogens (tertiary/aromatic N) is 5. The number of anilines is 2. The molecule has 1 N–H and O–H groups in total. The predicted octanol–water partition coefficient (Wildman–Crippen LogP) is 2.18. The van der Waals surface area contributed by atoms with Crippen molar-refractivity contribution in [3.8, 4) is 11.5 Å². The molecule has 0 atom stereocenters. The van der Waals surface area contributed by atoms with Crippen molar-refractivity contribution in [1.82, 2.24) is 19.4 Å². The van der Waals surface area contributed by atoms with Crippen LogP contribution in [0.3, 0.4) is 0 Å². The number of hydrogen-bond acceptors (Lipinski definition) is 7. The summed E-state index contributed by atoms with van der Waals surface area (Å²) in [6.45, 7) is 4.35. The molecule has 3 aromatic rings. The zero-order valence-electron chi connectivity index (χ0n) is 18.4. The highest BCUT2D eigenvalue weighted by Crippen LogP contribution is 2.29. The van der Waals surface area contributed by atoms with E-state index in [0.717, 1.165) is 0 Å². The van der Waals surface area contributed by atoms with Gasteiger partial charge in [0, 0.05) is 45.0 Å². The summed E-state index contributed by atoms with van der Waals surface area (Å²) in [7, 11) is 3.11. The minimum absolute atomic E-state index is 0.167. The second-order valence-electron chi connectivity index (χ2n) is 7.30. The number of rotatable bonds is 5. The van der Waals surface area contributed by atoms with Crippen molar-refractivity contribution in [2.75, 3.05) is 50.6 Å². The Kier molecular flexibility index (Phi) is 6.11. The van der Waals surface area contributed by atoms with Crippen molar-refractivity contribution in [1.29, 1.82) is 0 Å². The molecule has 0 spiro atoms. The fraction of sp³-hybridized carbons (Fsp3) is 0.364. The van der Waals surface area contributed by atoms with Gasteiger partial charge in [-0.15, -0.1) is 0 Å². The molecule has 0 saturated carbocycles. The van der Waals surface area contributed by atoms with E-state index in [2.05, 4.69) is 15.3 Å². The molecule has 0 aliphatic carbocycles. The van der Waals surface area contributed by atoms with Gasteiger partial charge in [0.05, 0.1) is 19.9 Å². The van der Waals surface area contributed by atoms with Crippen LogP contribution in [0.15, 0.2) is 41.3 Å². The van der Waals surface area contributed by atoms with Gasteiger partial charge in [0.2, 0.25) is 0 Å². The first kappa shape index (κ1) is 21.4. The lowest BCUT2D eigenvalue weighted by Gasteiger charge is -2.35. The zero-order valence-corrected chi connectivity index (χ0v) is 18.4. The van der Waals surface area contributed by atoms with Gasteiger partial charge in [-0.3, -0.25) is 9.36 Å². The number of methoxy groups -OCH3 is 2. The number of nitrogens with one attached hydrogen (secondary N) is 1. The number of benzene rings is 1. The number of carbonyl (C=O) groups is 1. The summed E-state index contributed by atoms with van der Waals surface area (Å²) in [6, 6.07) is 8.64. The molecule has 0 bridgehead atoms. The van der Waals surface area contributed by atoms with Crippen LogP contribution in [-0.4, -0.2) is 65.9 Å². The lowest BCUT2D eigenvalue weighted by Crippen LogP contribution is -2.51. The Hall–Kier alpha value is -3.82. The molecule has 1 aromatic carbocycles. The van der Waals surface area contributed by atoms with Crippen LogP contribution in [-0.2, 0) is 6.54 Å². The lowest BCUT2D eigenvalue weighted by atomic mass is 10.2. The molecule has 32 heavy (non-hydrogen) atoms. The minimum Gasteiger partial charge on any atom is -0.497 e. The van der Waals surface area contributed by atoms with Crippen molar-refractivity contribution >= 4 is 28.7 Å². The number of ether oxygens (including phenoxy) is 2. The summed E-state index contributed by atoms with van der Waals surface area (Å²) < 4.78 is 12.2. The summed E-state index contributed by atoms with van der Waals surface area (Å²) in [5, 5.41) is 2.89. The van der Waals surface area contributed by atoms with Crippen molar-refractivity contribution < 1.29 is 14.3 Å². The highest BCUT2D eigenvalue weighted by molar-refractivity contribution is 5.91. The molecule has 2 amide bonds. The van der Waals surface area contributed by atoms with Crippen LogP contribution in [0.4, 0.5) is 16.3 Å². The van der Waals surface area contributed by atoms with Crippen LogP contribution in [0.2, 0.25) is 0 Å². The summed E-state index contributed by atoms with van der Waals surface area (Å²) in [5.41, 5.74) is 1.65. The Morgan fingerprint density at radius 3 is 2.59 bits per heavy atom. The van der Waals surface area contributed by atoms with Gasteiger partial charge in [-0.25, -0.2) is 14.8 Å². The van der Waals surface area contributed by atoms with Crippen molar-refractivity contribution in [3.63, 3.8) is 0 Å². The molecule has 0 unspecified atom stereocenters. The fourth-order valence-electron chi connectivity index (χ4n) is 3.78. The van der Waals surface area contributed by atoms with E-state index >= 15 is 0 Å². The average Bonchev–Trinajstić information content (AvgIpc) is 2.84. The second kappa shape index (κ2) is 9.13. The number of hydrogen-bond donors (Lipinski definition) is 1. The SMILES string of the molecule is CCn1c(=O)c(N2CCN(C(=O)Nc3ccc(OC)cc3OC)CC2)nc2cccnc21. The van der Waals surface area contributed by atoms with Crippen molar-refractivity contribution in [2.24, 2.45) is 0 Å². The molecule has 4 rings (SSSR count). The van der Waals surface area contributed by atoms with E-state index in [-0.39, 0.29) is 11.6 Å². The molecule has 1 saturated heterocycles. The topological polar surface area (TPSA) is 102 Å². The van der Waals surface area contributed by atoms with E-state index < -0.39 is 0 Å². The third kappa shape index (κ3) is 4.03. The van der Waals surface area contributed by atoms with Gasteiger partial charge in [0.25, 0.3) is 5.56 Å². The first-order valence-electron chi connectivity index (χ1n) is 10.4. The highest BCUT2D eigenvalue weighted by atomic mass is 16.5. The molecule has 3 heterocycles. The number of carbonyl (C=O) groups excluding carboxylic acids is 1. The quantitative estimate of drug-likeness (QED) is 0.651. The second-order valence-corrected chi connectivity index (χ2v) is 7.30. The smallest absolute Gasteiger partial charge is 0.322 e. The number of pyridine rings is 1. The summed E-state index contributed by atoms with van der Waals surface area (Å²) in [6.07, 6.45) is 1.66. The maximum absolute atomic E-state index is 13.0. The molecule has 1 fully saturated rings. The van der Waals surface area contributed by atoms with Gasteiger partial charge in [-0.2, -0.15) is 0 Å². The van der Waals surface area contributed by atoms with Crippen LogP contribution in [0.1, 0.15) is 6.92 Å². The van der Waals surface area contributed by atoms with E-state index in [4.69, 9.17) is 9.47 Å². The number of fused-ring (bicyclic) bond motifs is 1. The number of aromatic nitrogens is 3. The summed E-state index contributed by atoms with van der Waals surface area (Å²) in [5.74, 6) is 1.55. The summed E-state index contributed by atoms with van der Waals surface area (Å²) >= 11 is 0. The maximum atomic E-state index is 13.0. The molecule has 10 heteroatoms. The van der Waals surface area contributed by atoms with Gasteiger partial charge in [-0.05, 0) is 31.2 Å². The van der Waals surface area contributed by atoms with Crippen LogP contribution in [0, 0.1) is 0 Å². The van der Waals surface area contributed by atoms with E-state index in [1.54, 1.807) is 54.1 Å². The largest absolute Gasteiger partial charge is 0.497 e.